The van der Waals surface area contributed by atoms with E-state index >= 15 is 0 Å². The average molecular weight is 415 g/mol. The zero-order valence-corrected chi connectivity index (χ0v) is 17.3. The Morgan fingerprint density at radius 2 is 1.82 bits per heavy atom. The van der Waals surface area contributed by atoms with Crippen LogP contribution in [0.3, 0.4) is 0 Å². The summed E-state index contributed by atoms with van der Waals surface area (Å²) in [6.07, 6.45) is 0. The van der Waals surface area contributed by atoms with Crippen LogP contribution in [0.15, 0.2) is 23.1 Å². The highest BCUT2D eigenvalue weighted by atomic mass is 32.2. The number of sulfonamides is 1. The van der Waals surface area contributed by atoms with Crippen molar-refractivity contribution in [2.24, 2.45) is 5.92 Å². The Kier molecular flexibility index (Phi) is 8.38. The number of ether oxygens (including phenoxy) is 2. The molecule has 1 aromatic rings. The van der Waals surface area contributed by atoms with Gasteiger partial charge in [0.2, 0.25) is 10.0 Å². The predicted octanol–water partition coefficient (Wildman–Crippen LogP) is 0.584. The number of nitrogens with one attached hydrogen (secondary N) is 2. The third kappa shape index (κ3) is 6.50. The van der Waals surface area contributed by atoms with Crippen LogP contribution in [0.4, 0.5) is 4.79 Å². The Bertz CT molecular complexity index is 835. The molecule has 0 aromatic heterocycles. The predicted molar refractivity (Wildman–Crippen MR) is 101 cm³/mol. The molecule has 0 atom stereocenters. The van der Waals surface area contributed by atoms with Crippen LogP contribution in [0.5, 0.6) is 5.75 Å². The zero-order valence-electron chi connectivity index (χ0n) is 16.4. The van der Waals surface area contributed by atoms with Gasteiger partial charge in [0.1, 0.15) is 10.6 Å². The lowest BCUT2D eigenvalue weighted by molar-refractivity contribution is -0.123. The lowest BCUT2D eigenvalue weighted by Gasteiger charge is -2.15. The van der Waals surface area contributed by atoms with Gasteiger partial charge in [-0.1, -0.05) is 13.8 Å². The third-order valence-corrected chi connectivity index (χ3v) is 5.25. The molecule has 0 heterocycles. The Balaban J connectivity index is 2.80. The SMILES string of the molecule is COc1ccc(C(=O)OCC(=O)NC(=O)NCC(C)C)cc1S(=O)(=O)N(C)C. The standard InChI is InChI=1S/C17H25N3O7S/c1-11(2)9-18-17(23)19-15(21)10-27-16(22)12-6-7-13(26-5)14(8-12)28(24,25)20(3)4/h6-8,11H,9-10H2,1-5H3,(H2,18,19,21,23). The lowest BCUT2D eigenvalue weighted by atomic mass is 10.2. The number of benzene rings is 1. The molecule has 0 fully saturated rings. The van der Waals surface area contributed by atoms with Crippen molar-refractivity contribution in [1.82, 2.24) is 14.9 Å². The van der Waals surface area contributed by atoms with Gasteiger partial charge < -0.3 is 14.8 Å². The fourth-order valence-electron chi connectivity index (χ4n) is 1.92. The highest BCUT2D eigenvalue weighted by Gasteiger charge is 2.24. The molecular weight excluding hydrogens is 390 g/mol. The van der Waals surface area contributed by atoms with Gasteiger partial charge in [-0.25, -0.2) is 22.3 Å². The smallest absolute Gasteiger partial charge is 0.338 e. The minimum absolute atomic E-state index is 0.0600. The van der Waals surface area contributed by atoms with E-state index in [4.69, 9.17) is 9.47 Å². The summed E-state index contributed by atoms with van der Waals surface area (Å²) >= 11 is 0. The number of carbonyl (C=O) groups is 3. The normalized spacial score (nSPS) is 11.2. The van der Waals surface area contributed by atoms with Crippen molar-refractivity contribution >= 4 is 27.9 Å². The molecule has 0 aliphatic carbocycles. The van der Waals surface area contributed by atoms with Gasteiger partial charge in [-0.3, -0.25) is 10.1 Å². The van der Waals surface area contributed by atoms with Crippen molar-refractivity contribution < 1.29 is 32.3 Å². The van der Waals surface area contributed by atoms with Gasteiger partial charge in [0.15, 0.2) is 6.61 Å². The van der Waals surface area contributed by atoms with E-state index in [-0.39, 0.29) is 22.1 Å². The first kappa shape index (κ1) is 23.4. The number of methoxy groups -OCH3 is 1. The maximum absolute atomic E-state index is 12.4. The molecule has 0 saturated heterocycles. The van der Waals surface area contributed by atoms with E-state index in [1.54, 1.807) is 0 Å². The van der Waals surface area contributed by atoms with Gasteiger partial charge in [0.25, 0.3) is 5.91 Å². The van der Waals surface area contributed by atoms with Crippen LogP contribution in [0, 0.1) is 5.92 Å². The number of urea groups is 1. The molecule has 0 aliphatic rings. The van der Waals surface area contributed by atoms with Crippen LogP contribution in [0.25, 0.3) is 0 Å². The van der Waals surface area contributed by atoms with E-state index in [9.17, 15) is 22.8 Å². The maximum atomic E-state index is 12.4. The van der Waals surface area contributed by atoms with Crippen LogP contribution < -0.4 is 15.4 Å². The van der Waals surface area contributed by atoms with Crippen LogP contribution in [-0.2, 0) is 19.6 Å². The van der Waals surface area contributed by atoms with Crippen molar-refractivity contribution in [3.8, 4) is 5.75 Å². The highest BCUT2D eigenvalue weighted by molar-refractivity contribution is 7.89. The minimum Gasteiger partial charge on any atom is -0.495 e. The number of imide groups is 1. The second kappa shape index (κ2) is 10.0. The number of amides is 3. The summed E-state index contributed by atoms with van der Waals surface area (Å²) in [5.74, 6) is -1.47. The summed E-state index contributed by atoms with van der Waals surface area (Å²) in [5, 5.41) is 4.51. The first-order valence-electron chi connectivity index (χ1n) is 8.34. The number of hydrogen-bond donors (Lipinski definition) is 2. The molecular formula is C17H25N3O7S. The van der Waals surface area contributed by atoms with Crippen LogP contribution in [0.2, 0.25) is 0 Å². The topological polar surface area (TPSA) is 131 Å². The second-order valence-electron chi connectivity index (χ2n) is 6.38. The Morgan fingerprint density at radius 3 is 2.36 bits per heavy atom. The monoisotopic (exact) mass is 415 g/mol. The van der Waals surface area contributed by atoms with E-state index < -0.39 is 34.5 Å². The fraction of sp³-hybridized carbons (Fsp3) is 0.471. The van der Waals surface area contributed by atoms with Gasteiger partial charge >= 0.3 is 12.0 Å². The summed E-state index contributed by atoms with van der Waals surface area (Å²) in [6, 6.07) is 3.03. The number of rotatable bonds is 8. The summed E-state index contributed by atoms with van der Waals surface area (Å²) in [4.78, 5) is 35.1. The highest BCUT2D eigenvalue weighted by Crippen LogP contribution is 2.27. The quantitative estimate of drug-likeness (QED) is 0.594. The summed E-state index contributed by atoms with van der Waals surface area (Å²) < 4.78 is 35.6. The molecule has 28 heavy (non-hydrogen) atoms. The van der Waals surface area contributed by atoms with Crippen molar-refractivity contribution in [1.29, 1.82) is 0 Å². The van der Waals surface area contributed by atoms with Crippen molar-refractivity contribution in [2.75, 3.05) is 34.4 Å². The number of esters is 1. The summed E-state index contributed by atoms with van der Waals surface area (Å²) in [6.45, 7) is 3.47. The van der Waals surface area contributed by atoms with E-state index in [0.717, 1.165) is 10.4 Å². The van der Waals surface area contributed by atoms with Gasteiger partial charge in [0, 0.05) is 20.6 Å². The van der Waals surface area contributed by atoms with Gasteiger partial charge in [-0.2, -0.15) is 0 Å². The van der Waals surface area contributed by atoms with Crippen LogP contribution in [0.1, 0.15) is 24.2 Å². The molecule has 0 saturated carbocycles. The molecule has 0 radical (unpaired) electrons. The maximum Gasteiger partial charge on any atom is 0.338 e. The fourth-order valence-corrected chi connectivity index (χ4v) is 3.00. The van der Waals surface area contributed by atoms with Crippen LogP contribution in [-0.4, -0.2) is 65.0 Å². The molecule has 156 valence electrons. The summed E-state index contributed by atoms with van der Waals surface area (Å²) in [7, 11) is 0.118. The van der Waals surface area contributed by atoms with Crippen molar-refractivity contribution in [3.63, 3.8) is 0 Å². The largest absolute Gasteiger partial charge is 0.495 e. The minimum atomic E-state index is -3.87. The lowest BCUT2D eigenvalue weighted by Crippen LogP contribution is -2.42. The Labute approximate surface area is 164 Å². The summed E-state index contributed by atoms with van der Waals surface area (Å²) in [5.41, 5.74) is -0.0849. The molecule has 10 nitrogen and oxygen atoms in total. The number of carbonyl (C=O) groups excluding carboxylic acids is 3. The average Bonchev–Trinajstić information content (AvgIpc) is 2.63. The molecule has 1 aromatic carbocycles. The number of nitrogens with zero attached hydrogens (tertiary/aromatic N) is 1. The Morgan fingerprint density at radius 1 is 1.18 bits per heavy atom. The van der Waals surface area contributed by atoms with Gasteiger partial charge in [-0.05, 0) is 24.1 Å². The Hall–Kier alpha value is -2.66. The molecule has 0 aliphatic heterocycles. The molecule has 0 unspecified atom stereocenters. The first-order valence-corrected chi connectivity index (χ1v) is 9.78. The van der Waals surface area contributed by atoms with E-state index in [2.05, 4.69) is 5.32 Å². The van der Waals surface area contributed by atoms with Gasteiger partial charge in [0.05, 0.1) is 12.7 Å². The molecule has 3 amide bonds. The van der Waals surface area contributed by atoms with E-state index in [0.29, 0.717) is 6.54 Å². The molecule has 2 N–H and O–H groups in total. The molecule has 0 bridgehead atoms. The molecule has 11 heteroatoms. The van der Waals surface area contributed by atoms with E-state index in [1.807, 2.05) is 19.2 Å². The zero-order chi connectivity index (χ0) is 21.5. The molecule has 1 rings (SSSR count). The van der Waals surface area contributed by atoms with Crippen molar-refractivity contribution in [3.05, 3.63) is 23.8 Å². The van der Waals surface area contributed by atoms with Gasteiger partial charge in [-0.15, -0.1) is 0 Å². The van der Waals surface area contributed by atoms with E-state index in [1.165, 1.54) is 33.3 Å². The van der Waals surface area contributed by atoms with Crippen molar-refractivity contribution in [2.45, 2.75) is 18.7 Å². The van der Waals surface area contributed by atoms with Crippen LogP contribution >= 0.6 is 0 Å². The molecule has 0 spiro atoms. The first-order chi connectivity index (χ1) is 13.0. The number of hydrogen-bond acceptors (Lipinski definition) is 7. The second-order valence-corrected chi connectivity index (χ2v) is 8.50. The third-order valence-electron chi connectivity index (χ3n) is 3.42.